The first kappa shape index (κ1) is 11.9. The Morgan fingerprint density at radius 1 is 1.47 bits per heavy atom. The van der Waals surface area contributed by atoms with E-state index in [-0.39, 0.29) is 12.0 Å². The van der Waals surface area contributed by atoms with Crippen molar-refractivity contribution in [2.45, 2.75) is 26.9 Å². The first-order chi connectivity index (χ1) is 7.25. The SMILES string of the molecule is CC.Cc1cnc(OC2COC2)c(F)c1. The van der Waals surface area contributed by atoms with Gasteiger partial charge in [-0.15, -0.1) is 0 Å². The van der Waals surface area contributed by atoms with Gasteiger partial charge in [-0.2, -0.15) is 0 Å². The van der Waals surface area contributed by atoms with Gasteiger partial charge in [0.1, 0.15) is 6.10 Å². The second kappa shape index (κ2) is 5.66. The highest BCUT2D eigenvalue weighted by Crippen LogP contribution is 2.17. The molecule has 0 saturated carbocycles. The molecule has 84 valence electrons. The van der Waals surface area contributed by atoms with E-state index in [1.54, 1.807) is 13.1 Å². The number of aromatic nitrogens is 1. The lowest BCUT2D eigenvalue weighted by Gasteiger charge is -2.26. The van der Waals surface area contributed by atoms with Crippen LogP contribution >= 0.6 is 0 Å². The standard InChI is InChI=1S/C9H10FNO2.C2H6/c1-6-2-8(10)9(11-3-6)13-7-4-12-5-7;1-2/h2-3,7H,4-5H2,1H3;1-2H3. The molecule has 1 aromatic heterocycles. The minimum absolute atomic E-state index is 0.0373. The van der Waals surface area contributed by atoms with Crippen molar-refractivity contribution in [2.24, 2.45) is 0 Å². The van der Waals surface area contributed by atoms with Crippen LogP contribution in [0.15, 0.2) is 12.3 Å². The van der Waals surface area contributed by atoms with Crippen LogP contribution in [0.3, 0.4) is 0 Å². The molecule has 0 atom stereocenters. The summed E-state index contributed by atoms with van der Waals surface area (Å²) in [6.07, 6.45) is 1.54. The molecule has 0 unspecified atom stereocenters. The van der Waals surface area contributed by atoms with E-state index in [0.717, 1.165) is 5.56 Å². The predicted molar refractivity (Wildman–Crippen MR) is 55.5 cm³/mol. The van der Waals surface area contributed by atoms with Crippen molar-refractivity contribution in [2.75, 3.05) is 13.2 Å². The zero-order valence-electron chi connectivity index (χ0n) is 9.29. The summed E-state index contributed by atoms with van der Waals surface area (Å²) in [5.41, 5.74) is 0.787. The zero-order valence-corrected chi connectivity index (χ0v) is 9.29. The third-order valence-electron chi connectivity index (χ3n) is 1.83. The predicted octanol–water partition coefficient (Wildman–Crippen LogP) is 2.33. The van der Waals surface area contributed by atoms with Gasteiger partial charge in [-0.25, -0.2) is 9.37 Å². The molecule has 0 aromatic carbocycles. The fourth-order valence-electron chi connectivity index (χ4n) is 1.05. The maximum absolute atomic E-state index is 13.1. The lowest BCUT2D eigenvalue weighted by Crippen LogP contribution is -2.39. The summed E-state index contributed by atoms with van der Waals surface area (Å²) in [7, 11) is 0. The van der Waals surface area contributed by atoms with Crippen LogP contribution in [0.1, 0.15) is 19.4 Å². The lowest BCUT2D eigenvalue weighted by molar-refractivity contribution is -0.0826. The fraction of sp³-hybridized carbons (Fsp3) is 0.545. The second-order valence-corrected chi connectivity index (χ2v) is 3.08. The Hall–Kier alpha value is -1.16. The Labute approximate surface area is 89.2 Å². The van der Waals surface area contributed by atoms with Crippen LogP contribution < -0.4 is 4.74 Å². The smallest absolute Gasteiger partial charge is 0.250 e. The number of aryl methyl sites for hydroxylation is 1. The molecule has 0 aliphatic carbocycles. The highest BCUT2D eigenvalue weighted by Gasteiger charge is 2.22. The van der Waals surface area contributed by atoms with Crippen LogP contribution in [-0.4, -0.2) is 24.3 Å². The van der Waals surface area contributed by atoms with Crippen LogP contribution in [0.2, 0.25) is 0 Å². The summed E-state index contributed by atoms with van der Waals surface area (Å²) < 4.78 is 23.3. The van der Waals surface area contributed by atoms with Gasteiger partial charge >= 0.3 is 0 Å². The van der Waals surface area contributed by atoms with Crippen LogP contribution in [0.5, 0.6) is 5.88 Å². The van der Waals surface area contributed by atoms with Crippen molar-refractivity contribution in [3.63, 3.8) is 0 Å². The van der Waals surface area contributed by atoms with Gasteiger partial charge in [-0.05, 0) is 18.6 Å². The minimum Gasteiger partial charge on any atom is -0.467 e. The molecule has 2 heterocycles. The molecule has 1 saturated heterocycles. The number of nitrogens with zero attached hydrogens (tertiary/aromatic N) is 1. The second-order valence-electron chi connectivity index (χ2n) is 3.08. The van der Waals surface area contributed by atoms with Crippen molar-refractivity contribution in [1.82, 2.24) is 4.98 Å². The molecule has 0 N–H and O–H groups in total. The van der Waals surface area contributed by atoms with Crippen LogP contribution in [-0.2, 0) is 4.74 Å². The summed E-state index contributed by atoms with van der Waals surface area (Å²) in [6.45, 7) is 6.83. The van der Waals surface area contributed by atoms with E-state index < -0.39 is 5.82 Å². The van der Waals surface area contributed by atoms with E-state index >= 15 is 0 Å². The van der Waals surface area contributed by atoms with E-state index in [1.807, 2.05) is 13.8 Å². The Balaban J connectivity index is 0.000000531. The topological polar surface area (TPSA) is 31.4 Å². The zero-order chi connectivity index (χ0) is 11.3. The molecule has 15 heavy (non-hydrogen) atoms. The molecule has 0 spiro atoms. The molecular weight excluding hydrogens is 197 g/mol. The van der Waals surface area contributed by atoms with Crippen molar-refractivity contribution >= 4 is 0 Å². The maximum atomic E-state index is 13.1. The van der Waals surface area contributed by atoms with Crippen molar-refractivity contribution in [3.8, 4) is 5.88 Å². The number of hydrogen-bond donors (Lipinski definition) is 0. The third-order valence-corrected chi connectivity index (χ3v) is 1.83. The monoisotopic (exact) mass is 213 g/mol. The average Bonchev–Trinajstić information content (AvgIpc) is 2.17. The van der Waals surface area contributed by atoms with Gasteiger partial charge in [0.15, 0.2) is 5.82 Å². The largest absolute Gasteiger partial charge is 0.467 e. The van der Waals surface area contributed by atoms with Crippen LogP contribution in [0, 0.1) is 12.7 Å². The summed E-state index contributed by atoms with van der Waals surface area (Å²) in [5, 5.41) is 0. The molecule has 4 heteroatoms. The summed E-state index contributed by atoms with van der Waals surface area (Å²) in [6, 6.07) is 1.40. The number of hydrogen-bond acceptors (Lipinski definition) is 3. The fourth-order valence-corrected chi connectivity index (χ4v) is 1.05. The van der Waals surface area contributed by atoms with Crippen LogP contribution in [0.25, 0.3) is 0 Å². The van der Waals surface area contributed by atoms with Crippen molar-refractivity contribution < 1.29 is 13.9 Å². The summed E-state index contributed by atoms with van der Waals surface area (Å²) in [5.74, 6) is -0.342. The highest BCUT2D eigenvalue weighted by atomic mass is 19.1. The molecule has 1 aliphatic rings. The van der Waals surface area contributed by atoms with E-state index in [2.05, 4.69) is 4.98 Å². The minimum atomic E-state index is -0.410. The number of halogens is 1. The van der Waals surface area contributed by atoms with Crippen molar-refractivity contribution in [1.29, 1.82) is 0 Å². The van der Waals surface area contributed by atoms with Gasteiger partial charge < -0.3 is 9.47 Å². The highest BCUT2D eigenvalue weighted by molar-refractivity contribution is 5.19. The Kier molecular flexibility index (Phi) is 4.49. The Bertz CT molecular complexity index is 313. The van der Waals surface area contributed by atoms with Gasteiger partial charge in [0.25, 0.3) is 5.88 Å². The Morgan fingerprint density at radius 3 is 2.60 bits per heavy atom. The molecule has 1 aliphatic heterocycles. The van der Waals surface area contributed by atoms with Crippen molar-refractivity contribution in [3.05, 3.63) is 23.6 Å². The average molecular weight is 213 g/mol. The molecule has 3 nitrogen and oxygen atoms in total. The quantitative estimate of drug-likeness (QED) is 0.755. The maximum Gasteiger partial charge on any atom is 0.250 e. The first-order valence-corrected chi connectivity index (χ1v) is 5.12. The molecule has 2 rings (SSSR count). The number of rotatable bonds is 2. The Morgan fingerprint density at radius 2 is 2.13 bits per heavy atom. The van der Waals surface area contributed by atoms with Gasteiger partial charge in [0.2, 0.25) is 0 Å². The molecule has 0 amide bonds. The van der Waals surface area contributed by atoms with E-state index in [9.17, 15) is 4.39 Å². The van der Waals surface area contributed by atoms with Crippen LogP contribution in [0.4, 0.5) is 4.39 Å². The molecule has 0 radical (unpaired) electrons. The van der Waals surface area contributed by atoms with Gasteiger partial charge in [0, 0.05) is 6.20 Å². The normalized spacial score (nSPS) is 14.9. The first-order valence-electron chi connectivity index (χ1n) is 5.12. The van der Waals surface area contributed by atoms with E-state index in [4.69, 9.17) is 9.47 Å². The number of ether oxygens (including phenoxy) is 2. The molecule has 1 fully saturated rings. The number of pyridine rings is 1. The molecule has 1 aromatic rings. The van der Waals surface area contributed by atoms with E-state index in [0.29, 0.717) is 13.2 Å². The van der Waals surface area contributed by atoms with E-state index in [1.165, 1.54) is 6.07 Å². The third kappa shape index (κ3) is 3.16. The molecule has 0 bridgehead atoms. The summed E-state index contributed by atoms with van der Waals surface area (Å²) >= 11 is 0. The summed E-state index contributed by atoms with van der Waals surface area (Å²) in [4.78, 5) is 3.85. The lowest BCUT2D eigenvalue weighted by atomic mass is 10.3. The van der Waals surface area contributed by atoms with Gasteiger partial charge in [-0.3, -0.25) is 0 Å². The van der Waals surface area contributed by atoms with Gasteiger partial charge in [0.05, 0.1) is 13.2 Å². The molecular formula is C11H16FNO2. The van der Waals surface area contributed by atoms with Gasteiger partial charge in [-0.1, -0.05) is 13.8 Å².